The van der Waals surface area contributed by atoms with Crippen LogP contribution in [0.25, 0.3) is 5.95 Å². The largest absolute Gasteiger partial charge is 0.299 e. The van der Waals surface area contributed by atoms with Crippen LogP contribution in [-0.2, 0) is 7.05 Å². The predicted octanol–water partition coefficient (Wildman–Crippen LogP) is 0.618. The zero-order valence-electron chi connectivity index (χ0n) is 7.89. The lowest BCUT2D eigenvalue weighted by atomic mass is 10.5. The molecule has 0 N–H and O–H groups in total. The van der Waals surface area contributed by atoms with Crippen LogP contribution in [0, 0.1) is 13.8 Å². The Labute approximate surface area is 76.0 Å². The molecule has 0 aliphatic heterocycles. The van der Waals surface area contributed by atoms with E-state index in [9.17, 15) is 0 Å². The summed E-state index contributed by atoms with van der Waals surface area (Å²) in [6, 6.07) is 1.93. The van der Waals surface area contributed by atoms with Crippen LogP contribution in [0.2, 0.25) is 0 Å². The molecule has 0 saturated carbocycles. The molecule has 0 unspecified atom stereocenters. The molecule has 0 aliphatic rings. The molecule has 0 aliphatic carbocycles. The van der Waals surface area contributed by atoms with Gasteiger partial charge in [0.25, 0.3) is 5.95 Å². The molecule has 2 aromatic rings. The van der Waals surface area contributed by atoms with E-state index in [2.05, 4.69) is 15.3 Å². The van der Waals surface area contributed by atoms with E-state index in [-0.39, 0.29) is 0 Å². The van der Waals surface area contributed by atoms with Gasteiger partial charge in [-0.15, -0.1) is 10.2 Å². The maximum absolute atomic E-state index is 4.15. The Morgan fingerprint density at radius 2 is 2.00 bits per heavy atom. The Balaban J connectivity index is 2.59. The Morgan fingerprint density at radius 1 is 1.23 bits per heavy atom. The maximum atomic E-state index is 4.15. The van der Waals surface area contributed by atoms with Gasteiger partial charge < -0.3 is 0 Å². The normalized spacial score (nSPS) is 10.7. The lowest BCUT2D eigenvalue weighted by Gasteiger charge is -2.02. The van der Waals surface area contributed by atoms with Crippen molar-refractivity contribution in [2.75, 3.05) is 0 Å². The summed E-state index contributed by atoms with van der Waals surface area (Å²) in [4.78, 5) is 0. The third-order valence-electron chi connectivity index (χ3n) is 2.09. The summed E-state index contributed by atoms with van der Waals surface area (Å²) in [5.74, 6) is 1.63. The molecule has 2 aromatic heterocycles. The zero-order valence-corrected chi connectivity index (χ0v) is 7.89. The van der Waals surface area contributed by atoms with E-state index in [0.29, 0.717) is 0 Å². The van der Waals surface area contributed by atoms with Crippen molar-refractivity contribution in [1.82, 2.24) is 24.5 Å². The monoisotopic (exact) mass is 177 g/mol. The van der Waals surface area contributed by atoms with Crippen LogP contribution >= 0.6 is 0 Å². The summed E-state index contributed by atoms with van der Waals surface area (Å²) in [5, 5.41) is 12.2. The van der Waals surface area contributed by atoms with Crippen LogP contribution in [-0.4, -0.2) is 24.5 Å². The second kappa shape index (κ2) is 2.69. The van der Waals surface area contributed by atoms with Crippen LogP contribution in [0.1, 0.15) is 11.5 Å². The second-order valence-electron chi connectivity index (χ2n) is 2.99. The molecular weight excluding hydrogens is 166 g/mol. The van der Waals surface area contributed by atoms with Crippen LogP contribution < -0.4 is 0 Å². The quantitative estimate of drug-likeness (QED) is 0.641. The summed E-state index contributed by atoms with van der Waals surface area (Å²) in [7, 11) is 1.92. The van der Waals surface area contributed by atoms with E-state index in [0.717, 1.165) is 17.5 Å². The highest BCUT2D eigenvalue weighted by Crippen LogP contribution is 2.06. The fourth-order valence-corrected chi connectivity index (χ4v) is 1.16. The van der Waals surface area contributed by atoms with Gasteiger partial charge in [0.05, 0.1) is 0 Å². The van der Waals surface area contributed by atoms with E-state index in [1.165, 1.54) is 0 Å². The molecule has 0 aromatic carbocycles. The first-order valence-electron chi connectivity index (χ1n) is 4.07. The molecule has 0 fully saturated rings. The van der Waals surface area contributed by atoms with Gasteiger partial charge in [0.15, 0.2) is 0 Å². The van der Waals surface area contributed by atoms with Gasteiger partial charge in [0.1, 0.15) is 5.82 Å². The van der Waals surface area contributed by atoms with Crippen molar-refractivity contribution < 1.29 is 0 Å². The van der Waals surface area contributed by atoms with Gasteiger partial charge in [-0.1, -0.05) is 0 Å². The van der Waals surface area contributed by atoms with Crippen molar-refractivity contribution in [2.24, 2.45) is 7.05 Å². The number of rotatable bonds is 1. The number of hydrogen-bond donors (Lipinski definition) is 0. The maximum Gasteiger partial charge on any atom is 0.251 e. The number of aryl methyl sites for hydroxylation is 2. The zero-order chi connectivity index (χ0) is 9.42. The van der Waals surface area contributed by atoms with E-state index in [1.54, 1.807) is 10.9 Å². The third-order valence-corrected chi connectivity index (χ3v) is 2.09. The highest BCUT2D eigenvalue weighted by Gasteiger charge is 2.08. The van der Waals surface area contributed by atoms with E-state index in [4.69, 9.17) is 0 Å². The second-order valence-corrected chi connectivity index (χ2v) is 2.99. The number of hydrogen-bond acceptors (Lipinski definition) is 3. The highest BCUT2D eigenvalue weighted by molar-refractivity contribution is 5.15. The van der Waals surface area contributed by atoms with Crippen LogP contribution in [0.4, 0.5) is 0 Å². The summed E-state index contributed by atoms with van der Waals surface area (Å²) in [6.07, 6.45) is 1.75. The van der Waals surface area contributed by atoms with Crippen LogP contribution in [0.5, 0.6) is 0 Å². The van der Waals surface area contributed by atoms with Crippen LogP contribution in [0.3, 0.4) is 0 Å². The highest BCUT2D eigenvalue weighted by atomic mass is 15.4. The smallest absolute Gasteiger partial charge is 0.251 e. The topological polar surface area (TPSA) is 48.5 Å². The molecule has 2 rings (SSSR count). The van der Waals surface area contributed by atoms with Crippen molar-refractivity contribution in [3.8, 4) is 5.95 Å². The summed E-state index contributed by atoms with van der Waals surface area (Å²) in [6.45, 7) is 3.90. The van der Waals surface area contributed by atoms with Gasteiger partial charge in [-0.2, -0.15) is 5.10 Å². The molecule has 5 nitrogen and oxygen atoms in total. The molecular formula is C8H11N5. The lowest BCUT2D eigenvalue weighted by molar-refractivity contribution is 0.723. The summed E-state index contributed by atoms with van der Waals surface area (Å²) >= 11 is 0. The molecule has 0 saturated heterocycles. The van der Waals surface area contributed by atoms with Crippen molar-refractivity contribution in [3.63, 3.8) is 0 Å². The van der Waals surface area contributed by atoms with Crippen LogP contribution in [0.15, 0.2) is 12.3 Å². The molecule has 68 valence electrons. The average Bonchev–Trinajstić information content (AvgIpc) is 2.62. The standard InChI is InChI=1S/C8H11N5/c1-6-4-5-9-13(6)8-11-10-7(2)12(8)3/h4-5H,1-3H3. The van der Waals surface area contributed by atoms with E-state index >= 15 is 0 Å². The van der Waals surface area contributed by atoms with Gasteiger partial charge in [0, 0.05) is 18.9 Å². The van der Waals surface area contributed by atoms with Crippen molar-refractivity contribution >= 4 is 0 Å². The SMILES string of the molecule is Cc1ccnn1-c1nnc(C)n1C. The molecule has 5 heteroatoms. The van der Waals surface area contributed by atoms with Crippen molar-refractivity contribution in [1.29, 1.82) is 0 Å². The lowest BCUT2D eigenvalue weighted by Crippen LogP contribution is -2.06. The summed E-state index contributed by atoms with van der Waals surface area (Å²) < 4.78 is 3.67. The summed E-state index contributed by atoms with van der Waals surface area (Å²) in [5.41, 5.74) is 1.05. The third kappa shape index (κ3) is 1.12. The molecule has 0 amide bonds. The molecule has 2 heterocycles. The number of aromatic nitrogens is 5. The Kier molecular flexibility index (Phi) is 1.65. The van der Waals surface area contributed by atoms with Gasteiger partial charge in [-0.25, -0.2) is 4.68 Å². The van der Waals surface area contributed by atoms with Crippen molar-refractivity contribution in [3.05, 3.63) is 23.8 Å². The first-order chi connectivity index (χ1) is 6.20. The predicted molar refractivity (Wildman–Crippen MR) is 47.6 cm³/mol. The van der Waals surface area contributed by atoms with Gasteiger partial charge >= 0.3 is 0 Å². The van der Waals surface area contributed by atoms with E-state index < -0.39 is 0 Å². The Hall–Kier alpha value is -1.65. The molecule has 0 atom stereocenters. The van der Waals surface area contributed by atoms with Gasteiger partial charge in [0.2, 0.25) is 0 Å². The molecule has 0 radical (unpaired) electrons. The van der Waals surface area contributed by atoms with Gasteiger partial charge in [-0.3, -0.25) is 4.57 Å². The molecule has 0 bridgehead atoms. The van der Waals surface area contributed by atoms with Crippen molar-refractivity contribution in [2.45, 2.75) is 13.8 Å². The number of nitrogens with zero attached hydrogens (tertiary/aromatic N) is 5. The molecule has 13 heavy (non-hydrogen) atoms. The Morgan fingerprint density at radius 3 is 2.46 bits per heavy atom. The van der Waals surface area contributed by atoms with Gasteiger partial charge in [-0.05, 0) is 19.9 Å². The fourth-order valence-electron chi connectivity index (χ4n) is 1.16. The minimum absolute atomic E-state index is 0.750. The first-order valence-corrected chi connectivity index (χ1v) is 4.07. The first kappa shape index (κ1) is 7.97. The minimum atomic E-state index is 0.750. The average molecular weight is 177 g/mol. The van der Waals surface area contributed by atoms with E-state index in [1.807, 2.05) is 31.5 Å². The minimum Gasteiger partial charge on any atom is -0.299 e. The Bertz CT molecular complexity index is 425. The molecule has 0 spiro atoms. The fraction of sp³-hybridized carbons (Fsp3) is 0.375.